The minimum atomic E-state index is 0.149. The molecule has 1 aliphatic heterocycles. The molecule has 1 fully saturated rings. The van der Waals surface area contributed by atoms with Crippen LogP contribution in [0.25, 0.3) is 0 Å². The molecule has 19 heavy (non-hydrogen) atoms. The number of hydrogen-bond donors (Lipinski definition) is 1. The maximum absolute atomic E-state index is 9.19. The molecule has 1 aliphatic rings. The number of aliphatic hydroxyl groups excluding tert-OH is 1. The van der Waals surface area contributed by atoms with E-state index >= 15 is 0 Å². The van der Waals surface area contributed by atoms with Gasteiger partial charge in [0.1, 0.15) is 0 Å². The standard InChI is InChI=1S/C15H25N3O/c1-15(2)12-17(3)14(6-8-19)11-18(15)10-13-5-4-7-16-9-13/h4-5,7,9,14,19H,6,8,10-12H2,1-3H3. The first-order valence-corrected chi connectivity index (χ1v) is 6.98. The summed E-state index contributed by atoms with van der Waals surface area (Å²) in [5.74, 6) is 0. The highest BCUT2D eigenvalue weighted by Crippen LogP contribution is 2.26. The zero-order valence-electron chi connectivity index (χ0n) is 12.2. The predicted octanol–water partition coefficient (Wildman–Crippen LogP) is 1.36. The van der Waals surface area contributed by atoms with Crippen molar-refractivity contribution in [2.24, 2.45) is 0 Å². The largest absolute Gasteiger partial charge is 0.396 e. The number of aromatic nitrogens is 1. The monoisotopic (exact) mass is 263 g/mol. The molecule has 2 heterocycles. The first-order valence-electron chi connectivity index (χ1n) is 6.98. The van der Waals surface area contributed by atoms with Crippen LogP contribution in [-0.4, -0.2) is 58.2 Å². The van der Waals surface area contributed by atoms with Gasteiger partial charge in [0.25, 0.3) is 0 Å². The van der Waals surface area contributed by atoms with Gasteiger partial charge in [0.15, 0.2) is 0 Å². The summed E-state index contributed by atoms with van der Waals surface area (Å²) in [7, 11) is 2.16. The number of hydrogen-bond acceptors (Lipinski definition) is 4. The number of rotatable bonds is 4. The first-order chi connectivity index (χ1) is 9.03. The SMILES string of the molecule is CN1CC(C)(C)N(Cc2cccnc2)CC1CCO. The molecule has 0 radical (unpaired) electrons. The Morgan fingerprint density at radius 1 is 1.47 bits per heavy atom. The maximum atomic E-state index is 9.19. The molecule has 1 atom stereocenters. The van der Waals surface area contributed by atoms with Crippen molar-refractivity contribution < 1.29 is 5.11 Å². The van der Waals surface area contributed by atoms with Gasteiger partial charge in [-0.3, -0.25) is 9.88 Å². The number of likely N-dealkylation sites (N-methyl/N-ethyl adjacent to an activating group) is 1. The molecular weight excluding hydrogens is 238 g/mol. The molecule has 0 aliphatic carbocycles. The normalized spacial score (nSPS) is 24.5. The van der Waals surface area contributed by atoms with E-state index in [4.69, 9.17) is 0 Å². The molecule has 1 N–H and O–H groups in total. The third-order valence-electron chi connectivity index (χ3n) is 4.11. The van der Waals surface area contributed by atoms with Crippen LogP contribution in [0.5, 0.6) is 0 Å². The van der Waals surface area contributed by atoms with Crippen molar-refractivity contribution >= 4 is 0 Å². The minimum Gasteiger partial charge on any atom is -0.396 e. The predicted molar refractivity (Wildman–Crippen MR) is 76.8 cm³/mol. The van der Waals surface area contributed by atoms with Gasteiger partial charge in [-0.05, 0) is 38.9 Å². The number of piperazine rings is 1. The van der Waals surface area contributed by atoms with E-state index in [0.29, 0.717) is 6.04 Å². The van der Waals surface area contributed by atoms with Crippen molar-refractivity contribution in [2.45, 2.75) is 38.4 Å². The van der Waals surface area contributed by atoms with Crippen molar-refractivity contribution in [2.75, 3.05) is 26.7 Å². The van der Waals surface area contributed by atoms with Gasteiger partial charge in [0.2, 0.25) is 0 Å². The second-order valence-corrected chi connectivity index (χ2v) is 6.14. The Kier molecular flexibility index (Phi) is 4.55. The number of nitrogens with zero attached hydrogens (tertiary/aromatic N) is 3. The van der Waals surface area contributed by atoms with Crippen LogP contribution in [0, 0.1) is 0 Å². The van der Waals surface area contributed by atoms with E-state index in [1.54, 1.807) is 0 Å². The third-order valence-corrected chi connectivity index (χ3v) is 4.11. The van der Waals surface area contributed by atoms with Crippen molar-refractivity contribution in [1.82, 2.24) is 14.8 Å². The Labute approximate surface area is 116 Å². The number of pyridine rings is 1. The Bertz CT molecular complexity index is 394. The van der Waals surface area contributed by atoms with E-state index in [9.17, 15) is 5.11 Å². The summed E-state index contributed by atoms with van der Waals surface area (Å²) in [6.07, 6.45) is 4.60. The molecule has 4 nitrogen and oxygen atoms in total. The second-order valence-electron chi connectivity index (χ2n) is 6.14. The van der Waals surface area contributed by atoms with Crippen LogP contribution in [0.15, 0.2) is 24.5 Å². The summed E-state index contributed by atoms with van der Waals surface area (Å²) in [5, 5.41) is 9.19. The molecule has 1 unspecified atom stereocenters. The van der Waals surface area contributed by atoms with Crippen LogP contribution in [0.4, 0.5) is 0 Å². The summed E-state index contributed by atoms with van der Waals surface area (Å²) in [5.41, 5.74) is 1.40. The molecule has 106 valence electrons. The molecule has 1 aromatic heterocycles. The Morgan fingerprint density at radius 3 is 2.89 bits per heavy atom. The summed E-state index contributed by atoms with van der Waals surface area (Å²) in [4.78, 5) is 9.07. The lowest BCUT2D eigenvalue weighted by atomic mass is 9.94. The molecule has 1 saturated heterocycles. The Morgan fingerprint density at radius 2 is 2.26 bits per heavy atom. The molecule has 0 bridgehead atoms. The summed E-state index contributed by atoms with van der Waals surface area (Å²) in [6.45, 7) is 7.79. The molecule has 1 aromatic rings. The van der Waals surface area contributed by atoms with E-state index in [-0.39, 0.29) is 12.1 Å². The Hall–Kier alpha value is -0.970. The van der Waals surface area contributed by atoms with E-state index in [1.807, 2.05) is 18.5 Å². The number of aliphatic hydroxyl groups is 1. The average molecular weight is 263 g/mol. The minimum absolute atomic E-state index is 0.149. The quantitative estimate of drug-likeness (QED) is 0.890. The summed E-state index contributed by atoms with van der Waals surface area (Å²) < 4.78 is 0. The van der Waals surface area contributed by atoms with Crippen LogP contribution in [0.3, 0.4) is 0 Å². The van der Waals surface area contributed by atoms with Gasteiger partial charge in [0.05, 0.1) is 0 Å². The first kappa shape index (κ1) is 14.4. The van der Waals surface area contributed by atoms with Crippen LogP contribution >= 0.6 is 0 Å². The average Bonchev–Trinajstić information content (AvgIpc) is 2.36. The van der Waals surface area contributed by atoms with Gasteiger partial charge >= 0.3 is 0 Å². The molecule has 2 rings (SSSR count). The molecule has 0 amide bonds. The second kappa shape index (κ2) is 5.99. The summed E-state index contributed by atoms with van der Waals surface area (Å²) in [6, 6.07) is 4.56. The van der Waals surface area contributed by atoms with Gasteiger partial charge in [-0.2, -0.15) is 0 Å². The van der Waals surface area contributed by atoms with E-state index in [0.717, 1.165) is 26.1 Å². The van der Waals surface area contributed by atoms with Crippen molar-refractivity contribution in [3.05, 3.63) is 30.1 Å². The summed E-state index contributed by atoms with van der Waals surface area (Å²) >= 11 is 0. The van der Waals surface area contributed by atoms with Crippen LogP contribution in [-0.2, 0) is 6.54 Å². The highest BCUT2D eigenvalue weighted by Gasteiger charge is 2.36. The van der Waals surface area contributed by atoms with Crippen molar-refractivity contribution in [3.8, 4) is 0 Å². The van der Waals surface area contributed by atoms with Gasteiger partial charge < -0.3 is 10.0 Å². The van der Waals surface area contributed by atoms with E-state index < -0.39 is 0 Å². The van der Waals surface area contributed by atoms with Gasteiger partial charge in [-0.1, -0.05) is 6.07 Å². The molecule has 0 aromatic carbocycles. The molecule has 0 spiro atoms. The van der Waals surface area contributed by atoms with Gasteiger partial charge in [-0.15, -0.1) is 0 Å². The van der Waals surface area contributed by atoms with Crippen LogP contribution in [0.2, 0.25) is 0 Å². The lowest BCUT2D eigenvalue weighted by Gasteiger charge is -2.50. The highest BCUT2D eigenvalue weighted by molar-refractivity contribution is 5.10. The molecule has 0 saturated carbocycles. The fourth-order valence-corrected chi connectivity index (χ4v) is 2.93. The topological polar surface area (TPSA) is 39.6 Å². The van der Waals surface area contributed by atoms with Crippen molar-refractivity contribution in [3.63, 3.8) is 0 Å². The Balaban J connectivity index is 2.08. The maximum Gasteiger partial charge on any atom is 0.0446 e. The van der Waals surface area contributed by atoms with E-state index in [1.165, 1.54) is 5.56 Å². The fraction of sp³-hybridized carbons (Fsp3) is 0.667. The van der Waals surface area contributed by atoms with Crippen molar-refractivity contribution in [1.29, 1.82) is 0 Å². The zero-order chi connectivity index (χ0) is 13.9. The smallest absolute Gasteiger partial charge is 0.0446 e. The highest BCUT2D eigenvalue weighted by atomic mass is 16.3. The lowest BCUT2D eigenvalue weighted by molar-refractivity contribution is -0.0171. The zero-order valence-corrected chi connectivity index (χ0v) is 12.2. The van der Waals surface area contributed by atoms with Gasteiger partial charge in [-0.25, -0.2) is 0 Å². The van der Waals surface area contributed by atoms with Crippen LogP contribution in [0.1, 0.15) is 25.8 Å². The van der Waals surface area contributed by atoms with E-state index in [2.05, 4.69) is 41.7 Å². The lowest BCUT2D eigenvalue weighted by Crippen LogP contribution is -2.61. The molecular formula is C15H25N3O. The third kappa shape index (κ3) is 3.53. The van der Waals surface area contributed by atoms with Gasteiger partial charge in [0, 0.05) is 50.2 Å². The molecule has 4 heteroatoms. The fourth-order valence-electron chi connectivity index (χ4n) is 2.93. The van der Waals surface area contributed by atoms with Crippen LogP contribution < -0.4 is 0 Å².